The van der Waals surface area contributed by atoms with E-state index in [9.17, 15) is 19.1 Å². The van der Waals surface area contributed by atoms with E-state index in [-0.39, 0.29) is 43.7 Å². The van der Waals surface area contributed by atoms with E-state index in [2.05, 4.69) is 31.8 Å². The van der Waals surface area contributed by atoms with Gasteiger partial charge in [-0.3, -0.25) is 9.69 Å². The number of esters is 1. The minimum Gasteiger partial charge on any atom is -0.490 e. The van der Waals surface area contributed by atoms with E-state index >= 15 is 0 Å². The Morgan fingerprint density at radius 3 is 2.44 bits per heavy atom. The molecule has 14 nitrogen and oxygen atoms in total. The van der Waals surface area contributed by atoms with Gasteiger partial charge in [0.1, 0.15) is 59.1 Å². The Hall–Kier alpha value is -6.72. The minimum atomic E-state index is -1.46. The maximum absolute atomic E-state index is 14.3. The first-order chi connectivity index (χ1) is 34.1. The molecule has 10 rings (SSSR count). The van der Waals surface area contributed by atoms with Gasteiger partial charge in [0.15, 0.2) is 5.82 Å². The number of aromatic nitrogens is 4. The number of aliphatic carboxylic acids is 1. The van der Waals surface area contributed by atoms with Crippen molar-refractivity contribution < 1.29 is 42.8 Å². The molecule has 4 aromatic carbocycles. The predicted molar refractivity (Wildman–Crippen MR) is 270 cm³/mol. The number of likely N-dealkylation sites (N-methyl/N-ethyl adjacent to an activating group) is 1. The first-order valence-corrected chi connectivity index (χ1v) is 24.6. The highest BCUT2D eigenvalue weighted by Gasteiger charge is 2.30. The third-order valence-corrected chi connectivity index (χ3v) is 13.9. The number of hydrogen-bond donors (Lipinski definition) is 1. The van der Waals surface area contributed by atoms with E-state index in [0.29, 0.717) is 73.7 Å². The smallest absolute Gasteiger partial charge is 0.345 e. The number of hydrogen-bond acceptors (Lipinski definition) is 14. The second-order valence-corrected chi connectivity index (χ2v) is 20.1. The molecule has 0 spiro atoms. The zero-order chi connectivity index (χ0) is 49.8. The van der Waals surface area contributed by atoms with Crippen LogP contribution in [0.15, 0.2) is 97.5 Å². The van der Waals surface area contributed by atoms with E-state index < -0.39 is 23.8 Å². The van der Waals surface area contributed by atoms with Crippen LogP contribution in [0.5, 0.6) is 23.1 Å². The number of aryl methyl sites for hydroxylation is 1. The Bertz CT molecular complexity index is 3050. The van der Waals surface area contributed by atoms with Crippen molar-refractivity contribution in [1.29, 1.82) is 0 Å². The molecule has 71 heavy (non-hydrogen) atoms. The molecular formula is C54H54ClFN6O8S. The Balaban J connectivity index is 1.05. The van der Waals surface area contributed by atoms with Gasteiger partial charge in [0.05, 0.1) is 16.1 Å². The van der Waals surface area contributed by atoms with E-state index in [1.165, 1.54) is 29.8 Å². The number of thiophene rings is 1. The van der Waals surface area contributed by atoms with Crippen LogP contribution in [0.3, 0.4) is 0 Å². The lowest BCUT2D eigenvalue weighted by molar-refractivity contribution is -0.154. The number of piperazine rings is 1. The molecule has 0 radical (unpaired) electrons. The molecule has 7 aromatic rings. The van der Waals surface area contributed by atoms with E-state index in [1.807, 2.05) is 64.1 Å². The molecule has 4 bridgehead atoms. The Morgan fingerprint density at radius 2 is 1.69 bits per heavy atom. The molecule has 0 saturated carbocycles. The summed E-state index contributed by atoms with van der Waals surface area (Å²) in [7, 11) is 2.11. The van der Waals surface area contributed by atoms with Crippen molar-refractivity contribution >= 4 is 45.1 Å². The summed E-state index contributed by atoms with van der Waals surface area (Å²) in [6, 6.07) is 24.7. The molecule has 2 atom stereocenters. The summed E-state index contributed by atoms with van der Waals surface area (Å²) in [5, 5.41) is 11.7. The molecule has 3 aliphatic heterocycles. The molecule has 3 aromatic heterocycles. The topological polar surface area (TPSA) is 159 Å². The van der Waals surface area contributed by atoms with Crippen molar-refractivity contribution in [2.45, 2.75) is 71.4 Å². The van der Waals surface area contributed by atoms with Gasteiger partial charge in [0.25, 0.3) is 0 Å². The molecule has 1 N–H and O–H groups in total. The molecule has 0 unspecified atom stereocenters. The zero-order valence-corrected chi connectivity index (χ0v) is 41.7. The lowest BCUT2D eigenvalue weighted by atomic mass is 9.96. The number of carbonyl (C=O) groups excluding carboxylic acids is 1. The molecule has 0 aliphatic carbocycles. The Kier molecular flexibility index (Phi) is 14.8. The molecule has 1 saturated heterocycles. The van der Waals surface area contributed by atoms with Crippen LogP contribution in [-0.2, 0) is 33.8 Å². The predicted octanol–water partition coefficient (Wildman–Crippen LogP) is 9.90. The monoisotopic (exact) mass is 1000 g/mol. The number of nitrogens with zero attached hydrogens (tertiary/aromatic N) is 6. The maximum Gasteiger partial charge on any atom is 0.345 e. The number of carboxylic acid groups (broad SMARTS) is 1. The molecule has 368 valence electrons. The largest absolute Gasteiger partial charge is 0.490 e. The maximum atomic E-state index is 14.3. The number of benzene rings is 4. The fourth-order valence-electron chi connectivity index (χ4n) is 8.58. The fourth-order valence-corrected chi connectivity index (χ4v) is 9.94. The van der Waals surface area contributed by atoms with Crippen LogP contribution in [-0.4, -0.2) is 111 Å². The highest BCUT2D eigenvalue weighted by atomic mass is 35.5. The van der Waals surface area contributed by atoms with Crippen molar-refractivity contribution in [2.75, 3.05) is 46.4 Å². The summed E-state index contributed by atoms with van der Waals surface area (Å²) in [6.45, 7) is 11.7. The zero-order valence-electron chi connectivity index (χ0n) is 40.1. The van der Waals surface area contributed by atoms with Crippen LogP contribution in [0.1, 0.15) is 49.6 Å². The van der Waals surface area contributed by atoms with Crippen LogP contribution in [0.25, 0.3) is 43.2 Å². The lowest BCUT2D eigenvalue weighted by Gasteiger charge is -2.34. The number of fused-ring (bicyclic) bond motifs is 7. The van der Waals surface area contributed by atoms with Crippen LogP contribution in [0.4, 0.5) is 4.39 Å². The molecule has 0 amide bonds. The molecular weight excluding hydrogens is 947 g/mol. The van der Waals surface area contributed by atoms with Gasteiger partial charge < -0.3 is 33.7 Å². The van der Waals surface area contributed by atoms with Gasteiger partial charge in [0.2, 0.25) is 12.0 Å². The second-order valence-electron chi connectivity index (χ2n) is 18.7. The quantitative estimate of drug-likeness (QED) is 0.122. The average Bonchev–Trinajstić information content (AvgIpc) is 3.74. The van der Waals surface area contributed by atoms with Gasteiger partial charge in [-0.2, -0.15) is 0 Å². The summed E-state index contributed by atoms with van der Waals surface area (Å²) in [6.07, 6.45) is 1.74. The third-order valence-electron chi connectivity index (χ3n) is 12.3. The normalized spacial score (nSPS) is 16.7. The molecule has 3 aliphatic rings. The average molecular weight is 1000 g/mol. The summed E-state index contributed by atoms with van der Waals surface area (Å²) in [5.41, 5.74) is 5.11. The van der Waals surface area contributed by atoms with Crippen LogP contribution >= 0.6 is 22.9 Å². The lowest BCUT2D eigenvalue weighted by Crippen LogP contribution is -2.49. The van der Waals surface area contributed by atoms with E-state index in [4.69, 9.17) is 40.3 Å². The number of ether oxygens (including phenoxy) is 5. The van der Waals surface area contributed by atoms with Gasteiger partial charge in [-0.1, -0.05) is 54.1 Å². The first-order valence-electron chi connectivity index (χ1n) is 23.5. The first kappa shape index (κ1) is 49.3. The fraction of sp³-hybridized carbons (Fsp3) is 0.333. The van der Waals surface area contributed by atoms with Gasteiger partial charge >= 0.3 is 11.9 Å². The molecule has 6 heterocycles. The van der Waals surface area contributed by atoms with Crippen molar-refractivity contribution in [3.05, 3.63) is 131 Å². The standard InChI is InChI=1S/C54H54ClFN6O8S/c1-32-41-16-18-43(48(32)55)68-40(28-62-24-22-61(5)23-25-62)30-66-39-15-17-42(67-29-38-20-21-57-50(60-38)35-9-6-33(7-10-35)8-19-45(63)70-54(2,3)4)36(26-39)27-44(53(64)65)69-51-47-46(41)49(71-52(47)59-31-58-51)34-11-13-37(56)14-12-34/h6-7,9-18,20-21,26,31,40,44H,8,19,22-25,27-30H2,1-5H3,(H,64,65)/t40-,44-/m1/s1. The van der Waals surface area contributed by atoms with Crippen molar-refractivity contribution in [2.24, 2.45) is 0 Å². The van der Waals surface area contributed by atoms with Crippen molar-refractivity contribution in [3.63, 3.8) is 0 Å². The van der Waals surface area contributed by atoms with Crippen molar-refractivity contribution in [3.8, 4) is 56.1 Å². The highest BCUT2D eigenvalue weighted by molar-refractivity contribution is 7.22. The number of carbonyl (C=O) groups is 2. The number of carboxylic acids is 1. The van der Waals surface area contributed by atoms with E-state index in [1.54, 1.807) is 42.6 Å². The van der Waals surface area contributed by atoms with E-state index in [0.717, 1.165) is 53.3 Å². The van der Waals surface area contributed by atoms with Gasteiger partial charge in [-0.25, -0.2) is 29.1 Å². The number of halogens is 2. The summed E-state index contributed by atoms with van der Waals surface area (Å²) >= 11 is 8.60. The van der Waals surface area contributed by atoms with Gasteiger partial charge in [-0.05, 0) is 106 Å². The summed E-state index contributed by atoms with van der Waals surface area (Å²) < 4.78 is 46.0. The van der Waals surface area contributed by atoms with Crippen molar-refractivity contribution in [1.82, 2.24) is 29.7 Å². The second kappa shape index (κ2) is 21.3. The SMILES string of the molecule is Cc1c2ccc(c1Cl)O[C@H](CN1CCN(C)CC1)COc1ccc(OCc3ccnc(-c4ccc(CCC(=O)OC(C)(C)C)cc4)n3)c(c1)C[C@H](C(=O)O)Oc1ncnc3sc(-c4ccc(F)cc4)c-2c13. The van der Waals surface area contributed by atoms with Crippen LogP contribution < -0.4 is 18.9 Å². The third kappa shape index (κ3) is 11.9. The number of rotatable bonds is 11. The summed E-state index contributed by atoms with van der Waals surface area (Å²) in [5.74, 6) is 0.0127. The molecule has 1 fully saturated rings. The highest BCUT2D eigenvalue weighted by Crippen LogP contribution is 2.50. The van der Waals surface area contributed by atoms with Crippen LogP contribution in [0, 0.1) is 12.7 Å². The Morgan fingerprint density at radius 1 is 0.930 bits per heavy atom. The van der Waals surface area contributed by atoms with Crippen LogP contribution in [0.2, 0.25) is 5.02 Å². The summed E-state index contributed by atoms with van der Waals surface area (Å²) in [4.78, 5) is 50.0. The molecule has 17 heteroatoms. The minimum absolute atomic E-state index is 0.0323. The Labute approximate surface area is 420 Å². The van der Waals surface area contributed by atoms with Gasteiger partial charge in [0, 0.05) is 73.3 Å². The van der Waals surface area contributed by atoms with Gasteiger partial charge in [-0.15, -0.1) is 11.3 Å².